The number of nitrogens with one attached hydrogen (secondary N) is 2. The molecule has 9 nitrogen and oxygen atoms in total. The van der Waals surface area contributed by atoms with Crippen molar-refractivity contribution in [2.24, 2.45) is 5.73 Å². The van der Waals surface area contributed by atoms with Crippen molar-refractivity contribution in [1.82, 2.24) is 15.5 Å². The summed E-state index contributed by atoms with van der Waals surface area (Å²) >= 11 is 0. The molecule has 1 aromatic carbocycles. The first kappa shape index (κ1) is 23.2. The Kier molecular flexibility index (Phi) is 7.79. The molecule has 0 aromatic heterocycles. The molecule has 2 atom stereocenters. The van der Waals surface area contributed by atoms with E-state index in [1.165, 1.54) is 4.90 Å². The number of amides is 4. The minimum atomic E-state index is -0.889. The van der Waals surface area contributed by atoms with Crippen LogP contribution >= 0.6 is 0 Å². The van der Waals surface area contributed by atoms with Gasteiger partial charge in [-0.15, -0.1) is 0 Å². The van der Waals surface area contributed by atoms with Crippen molar-refractivity contribution in [2.45, 2.75) is 57.7 Å². The second kappa shape index (κ2) is 10.1. The number of ether oxygens (including phenoxy) is 1. The number of primary amides is 1. The summed E-state index contributed by atoms with van der Waals surface area (Å²) in [4.78, 5) is 50.4. The van der Waals surface area contributed by atoms with Gasteiger partial charge < -0.3 is 26.0 Å². The second-order valence-electron chi connectivity index (χ2n) is 8.26. The van der Waals surface area contributed by atoms with Crippen molar-refractivity contribution >= 4 is 23.8 Å². The molecule has 0 radical (unpaired) electrons. The van der Waals surface area contributed by atoms with Crippen LogP contribution < -0.4 is 16.4 Å². The highest BCUT2D eigenvalue weighted by Crippen LogP contribution is 2.19. The van der Waals surface area contributed by atoms with Gasteiger partial charge in [-0.25, -0.2) is 4.79 Å². The average Bonchev–Trinajstić information content (AvgIpc) is 3.15. The Hall–Kier alpha value is -3.10. The highest BCUT2D eigenvalue weighted by molar-refractivity contribution is 5.93. The lowest BCUT2D eigenvalue weighted by molar-refractivity contribution is -0.140. The minimum Gasteiger partial charge on any atom is -0.444 e. The minimum absolute atomic E-state index is 0.250. The number of nitrogens with zero attached hydrogens (tertiary/aromatic N) is 1. The first-order valence-corrected chi connectivity index (χ1v) is 9.97. The maximum atomic E-state index is 13.1. The predicted molar refractivity (Wildman–Crippen MR) is 110 cm³/mol. The second-order valence-corrected chi connectivity index (χ2v) is 8.26. The van der Waals surface area contributed by atoms with Gasteiger partial charge in [-0.3, -0.25) is 14.4 Å². The molecule has 1 fully saturated rings. The molecule has 0 aliphatic carbocycles. The summed E-state index contributed by atoms with van der Waals surface area (Å²) in [6.45, 7) is 5.21. The highest BCUT2D eigenvalue weighted by atomic mass is 16.6. The quantitative estimate of drug-likeness (QED) is 0.600. The van der Waals surface area contributed by atoms with Gasteiger partial charge in [0.1, 0.15) is 24.2 Å². The molecule has 1 aliphatic rings. The Bertz CT molecular complexity index is 775. The zero-order chi connectivity index (χ0) is 22.3. The smallest absolute Gasteiger partial charge is 0.408 e. The molecular formula is C21H30N4O5. The van der Waals surface area contributed by atoms with Crippen LogP contribution in [0.1, 0.15) is 39.2 Å². The molecule has 1 aliphatic heterocycles. The van der Waals surface area contributed by atoms with Crippen LogP contribution in [0.2, 0.25) is 0 Å². The van der Waals surface area contributed by atoms with Crippen LogP contribution in [-0.2, 0) is 25.5 Å². The Morgan fingerprint density at radius 2 is 1.87 bits per heavy atom. The Morgan fingerprint density at radius 3 is 2.47 bits per heavy atom. The van der Waals surface area contributed by atoms with Gasteiger partial charge in [0.25, 0.3) is 0 Å². The molecule has 1 aromatic rings. The van der Waals surface area contributed by atoms with E-state index in [1.807, 2.05) is 30.3 Å². The maximum Gasteiger partial charge on any atom is 0.408 e. The van der Waals surface area contributed by atoms with Crippen molar-refractivity contribution in [3.8, 4) is 0 Å². The summed E-state index contributed by atoms with van der Waals surface area (Å²) in [5.74, 6) is -1.46. The first-order valence-electron chi connectivity index (χ1n) is 9.97. The third-order valence-corrected chi connectivity index (χ3v) is 4.57. The molecule has 0 saturated carbocycles. The van der Waals surface area contributed by atoms with E-state index in [0.717, 1.165) is 5.56 Å². The fourth-order valence-electron chi connectivity index (χ4n) is 3.29. The van der Waals surface area contributed by atoms with Gasteiger partial charge in [0.15, 0.2) is 0 Å². The van der Waals surface area contributed by atoms with E-state index >= 15 is 0 Å². The summed E-state index contributed by atoms with van der Waals surface area (Å²) in [6, 6.07) is 7.66. The molecule has 1 saturated heterocycles. The highest BCUT2D eigenvalue weighted by Gasteiger charge is 2.36. The van der Waals surface area contributed by atoms with E-state index < -0.39 is 35.6 Å². The third kappa shape index (κ3) is 7.06. The number of carbonyl (C=O) groups excluding carboxylic acids is 4. The zero-order valence-corrected chi connectivity index (χ0v) is 17.6. The van der Waals surface area contributed by atoms with E-state index in [9.17, 15) is 19.2 Å². The number of carbonyl (C=O) groups is 4. The van der Waals surface area contributed by atoms with Gasteiger partial charge in [-0.05, 0) is 39.2 Å². The number of benzene rings is 1. The molecule has 1 heterocycles. The molecule has 0 bridgehead atoms. The van der Waals surface area contributed by atoms with Crippen molar-refractivity contribution in [3.05, 3.63) is 35.9 Å². The first-order chi connectivity index (χ1) is 14.1. The van der Waals surface area contributed by atoms with Crippen molar-refractivity contribution in [3.63, 3.8) is 0 Å². The van der Waals surface area contributed by atoms with Crippen molar-refractivity contribution < 1.29 is 23.9 Å². The molecule has 4 amide bonds. The standard InChI is InChI=1S/C21H30N4O5/c1-21(2,3)30-20(29)23-13-17(26)24-15(12-14-8-5-4-6-9-14)19(28)25-11-7-10-16(25)18(22)27/h4-6,8-9,15-16H,7,10-13H2,1-3H3,(H2,22,27)(H,23,29)(H,24,26)/t15-,16-/m0/s1. The lowest BCUT2D eigenvalue weighted by atomic mass is 10.0. The SMILES string of the molecule is CC(C)(C)OC(=O)NCC(=O)N[C@@H](Cc1ccccc1)C(=O)N1CCC[C@H]1C(N)=O. The summed E-state index contributed by atoms with van der Waals surface area (Å²) in [5, 5.41) is 5.04. The summed E-state index contributed by atoms with van der Waals surface area (Å²) < 4.78 is 5.10. The monoisotopic (exact) mass is 418 g/mol. The van der Waals surface area contributed by atoms with Crippen LogP contribution in [0.25, 0.3) is 0 Å². The summed E-state index contributed by atoms with van der Waals surface area (Å²) in [5.41, 5.74) is 5.59. The van der Waals surface area contributed by atoms with Crippen molar-refractivity contribution in [1.29, 1.82) is 0 Å². The van der Waals surface area contributed by atoms with E-state index in [-0.39, 0.29) is 18.9 Å². The molecule has 9 heteroatoms. The van der Waals surface area contributed by atoms with Gasteiger partial charge in [-0.1, -0.05) is 30.3 Å². The Morgan fingerprint density at radius 1 is 1.20 bits per heavy atom. The van der Waals surface area contributed by atoms with E-state index in [1.54, 1.807) is 20.8 Å². The molecular weight excluding hydrogens is 388 g/mol. The van der Waals surface area contributed by atoms with Gasteiger partial charge in [0.05, 0.1) is 0 Å². The number of alkyl carbamates (subject to hydrolysis) is 1. The predicted octanol–water partition coefficient (Wildman–Crippen LogP) is 0.715. The fourth-order valence-corrected chi connectivity index (χ4v) is 3.29. The number of nitrogens with two attached hydrogens (primary N) is 1. The largest absolute Gasteiger partial charge is 0.444 e. The summed E-state index contributed by atoms with van der Waals surface area (Å²) in [6.07, 6.45) is 0.704. The van der Waals surface area contributed by atoms with E-state index in [0.29, 0.717) is 19.4 Å². The lowest BCUT2D eigenvalue weighted by Gasteiger charge is -2.28. The number of likely N-dealkylation sites (tertiary alicyclic amines) is 1. The molecule has 0 unspecified atom stereocenters. The number of hydrogen-bond donors (Lipinski definition) is 3. The van der Waals surface area contributed by atoms with Gasteiger partial charge >= 0.3 is 6.09 Å². The summed E-state index contributed by atoms with van der Waals surface area (Å²) in [7, 11) is 0. The normalized spacial score (nSPS) is 17.2. The number of rotatable bonds is 7. The van der Waals surface area contributed by atoms with Gasteiger partial charge in [0, 0.05) is 13.0 Å². The topological polar surface area (TPSA) is 131 Å². The van der Waals surface area contributed by atoms with E-state index in [2.05, 4.69) is 10.6 Å². The third-order valence-electron chi connectivity index (χ3n) is 4.57. The van der Waals surface area contributed by atoms with Crippen LogP contribution in [0.4, 0.5) is 4.79 Å². The lowest BCUT2D eigenvalue weighted by Crippen LogP contribution is -2.54. The Balaban J connectivity index is 2.06. The number of hydrogen-bond acceptors (Lipinski definition) is 5. The van der Waals surface area contributed by atoms with E-state index in [4.69, 9.17) is 10.5 Å². The molecule has 164 valence electrons. The van der Waals surface area contributed by atoms with Gasteiger partial charge in [0.2, 0.25) is 17.7 Å². The molecule has 30 heavy (non-hydrogen) atoms. The van der Waals surface area contributed by atoms with Crippen LogP contribution in [-0.4, -0.2) is 59.5 Å². The Labute approximate surface area is 176 Å². The van der Waals surface area contributed by atoms with Crippen LogP contribution in [0.3, 0.4) is 0 Å². The maximum absolute atomic E-state index is 13.1. The van der Waals surface area contributed by atoms with Crippen LogP contribution in [0, 0.1) is 0 Å². The van der Waals surface area contributed by atoms with Crippen LogP contribution in [0.5, 0.6) is 0 Å². The molecule has 0 spiro atoms. The van der Waals surface area contributed by atoms with Gasteiger partial charge in [-0.2, -0.15) is 0 Å². The fraction of sp³-hybridized carbons (Fsp3) is 0.524. The van der Waals surface area contributed by atoms with Crippen LogP contribution in [0.15, 0.2) is 30.3 Å². The van der Waals surface area contributed by atoms with Crippen molar-refractivity contribution in [2.75, 3.05) is 13.1 Å². The molecule has 4 N–H and O–H groups in total. The molecule has 2 rings (SSSR count). The average molecular weight is 418 g/mol. The zero-order valence-electron chi connectivity index (χ0n) is 17.6.